The van der Waals surface area contributed by atoms with Crippen LogP contribution in [-0.2, 0) is 0 Å². The highest BCUT2D eigenvalue weighted by Gasteiger charge is 2.16. The predicted octanol–water partition coefficient (Wildman–Crippen LogP) is 1.78. The van der Waals surface area contributed by atoms with Gasteiger partial charge in [0.25, 0.3) is 5.69 Å². The van der Waals surface area contributed by atoms with Crippen LogP contribution in [0.1, 0.15) is 13.8 Å². The second-order valence-electron chi connectivity index (χ2n) is 4.95. The lowest BCUT2D eigenvalue weighted by atomic mass is 10.2. The first-order chi connectivity index (χ1) is 10.6. The molecule has 0 saturated heterocycles. The van der Waals surface area contributed by atoms with Gasteiger partial charge in [0.1, 0.15) is 5.69 Å². The van der Waals surface area contributed by atoms with Gasteiger partial charge in [-0.2, -0.15) is 0 Å². The van der Waals surface area contributed by atoms with E-state index in [1.807, 2.05) is 11.0 Å². The second-order valence-corrected chi connectivity index (χ2v) is 4.95. The van der Waals surface area contributed by atoms with E-state index in [9.17, 15) is 15.2 Å². The zero-order chi connectivity index (χ0) is 16.5. The molecule has 0 spiro atoms. The van der Waals surface area contributed by atoms with Crippen LogP contribution in [0.4, 0.5) is 17.1 Å². The molecule has 1 aromatic carbocycles. The Morgan fingerprint density at radius 3 is 2.41 bits per heavy atom. The number of hydrogen-bond acceptors (Lipinski definition) is 6. The molecule has 0 aromatic heterocycles. The van der Waals surface area contributed by atoms with Gasteiger partial charge in [-0.05, 0) is 25.2 Å². The summed E-state index contributed by atoms with van der Waals surface area (Å²) in [5.41, 5.74) is 1.29. The fourth-order valence-corrected chi connectivity index (χ4v) is 2.37. The number of rotatable bonds is 10. The van der Waals surface area contributed by atoms with Gasteiger partial charge in [-0.25, -0.2) is 0 Å². The van der Waals surface area contributed by atoms with Gasteiger partial charge in [0, 0.05) is 38.4 Å². The number of benzene rings is 1. The summed E-state index contributed by atoms with van der Waals surface area (Å²) in [7, 11) is 1.66. The predicted molar refractivity (Wildman–Crippen MR) is 89.7 cm³/mol. The van der Waals surface area contributed by atoms with Gasteiger partial charge in [0.2, 0.25) is 0 Å². The quantitative estimate of drug-likeness (QED) is 0.506. The lowest BCUT2D eigenvalue weighted by molar-refractivity contribution is -0.383. The molecule has 124 valence electrons. The summed E-state index contributed by atoms with van der Waals surface area (Å²) < 4.78 is 0. The van der Waals surface area contributed by atoms with Crippen molar-refractivity contribution in [2.75, 3.05) is 56.6 Å². The van der Waals surface area contributed by atoms with Gasteiger partial charge in [0.05, 0.1) is 11.5 Å². The molecule has 1 aromatic rings. The number of nitrogens with zero attached hydrogens (tertiary/aromatic N) is 3. The van der Waals surface area contributed by atoms with Crippen molar-refractivity contribution in [3.8, 4) is 0 Å². The Morgan fingerprint density at radius 1 is 1.23 bits per heavy atom. The number of nitrogens with one attached hydrogen (secondary N) is 1. The van der Waals surface area contributed by atoms with E-state index in [0.717, 1.165) is 31.9 Å². The zero-order valence-electron chi connectivity index (χ0n) is 13.6. The first-order valence-corrected chi connectivity index (χ1v) is 7.61. The molecule has 0 unspecified atom stereocenters. The van der Waals surface area contributed by atoms with Gasteiger partial charge >= 0.3 is 0 Å². The molecule has 0 fully saturated rings. The van der Waals surface area contributed by atoms with Crippen molar-refractivity contribution >= 4 is 17.1 Å². The van der Waals surface area contributed by atoms with Gasteiger partial charge in [-0.3, -0.25) is 10.1 Å². The minimum atomic E-state index is -0.392. The molecule has 0 amide bonds. The van der Waals surface area contributed by atoms with E-state index in [0.29, 0.717) is 12.2 Å². The van der Waals surface area contributed by atoms with Crippen LogP contribution in [-0.4, -0.2) is 61.3 Å². The minimum absolute atomic E-state index is 0.0137. The van der Waals surface area contributed by atoms with Crippen LogP contribution in [0.15, 0.2) is 18.2 Å². The van der Waals surface area contributed by atoms with E-state index in [4.69, 9.17) is 0 Å². The molecule has 7 nitrogen and oxygen atoms in total. The van der Waals surface area contributed by atoms with Crippen molar-refractivity contribution in [1.29, 1.82) is 0 Å². The second kappa shape index (κ2) is 9.22. The Bertz CT molecular complexity index is 478. The maximum atomic E-state index is 11.2. The maximum absolute atomic E-state index is 11.2. The van der Waals surface area contributed by atoms with E-state index in [1.165, 1.54) is 0 Å². The molecule has 0 aliphatic rings. The third kappa shape index (κ3) is 4.85. The number of likely N-dealkylation sites (N-methyl/N-ethyl adjacent to an activating group) is 1. The molecule has 0 saturated carbocycles. The molecule has 0 bridgehead atoms. The van der Waals surface area contributed by atoms with Crippen LogP contribution in [0.3, 0.4) is 0 Å². The fraction of sp³-hybridized carbons (Fsp3) is 0.600. The van der Waals surface area contributed by atoms with Crippen LogP contribution < -0.4 is 10.2 Å². The first-order valence-electron chi connectivity index (χ1n) is 7.61. The van der Waals surface area contributed by atoms with E-state index < -0.39 is 4.92 Å². The first kappa shape index (κ1) is 18.2. The van der Waals surface area contributed by atoms with Crippen molar-refractivity contribution in [3.05, 3.63) is 28.3 Å². The number of nitro benzene ring substituents is 1. The molecule has 1 rings (SSSR count). The van der Waals surface area contributed by atoms with Crippen molar-refractivity contribution in [2.45, 2.75) is 13.8 Å². The van der Waals surface area contributed by atoms with Gasteiger partial charge in [0.15, 0.2) is 0 Å². The molecular formula is C15H26N4O3. The summed E-state index contributed by atoms with van der Waals surface area (Å²) in [5.74, 6) is 0. The smallest absolute Gasteiger partial charge is 0.294 e. The van der Waals surface area contributed by atoms with Gasteiger partial charge in [-0.1, -0.05) is 13.8 Å². The normalized spacial score (nSPS) is 10.8. The molecule has 0 aliphatic heterocycles. The Labute approximate surface area is 131 Å². The fourth-order valence-electron chi connectivity index (χ4n) is 2.37. The Balaban J connectivity index is 2.95. The molecule has 0 heterocycles. The van der Waals surface area contributed by atoms with Crippen molar-refractivity contribution in [3.63, 3.8) is 0 Å². The highest BCUT2D eigenvalue weighted by molar-refractivity contribution is 5.68. The summed E-state index contributed by atoms with van der Waals surface area (Å²) in [6.07, 6.45) is 0. The van der Waals surface area contributed by atoms with Gasteiger partial charge < -0.3 is 20.2 Å². The summed E-state index contributed by atoms with van der Waals surface area (Å²) >= 11 is 0. The van der Waals surface area contributed by atoms with Crippen LogP contribution in [0, 0.1) is 10.1 Å². The Hall–Kier alpha value is -1.86. The van der Waals surface area contributed by atoms with E-state index in [-0.39, 0.29) is 12.3 Å². The Kier molecular flexibility index (Phi) is 7.62. The van der Waals surface area contributed by atoms with Crippen molar-refractivity contribution in [2.24, 2.45) is 0 Å². The van der Waals surface area contributed by atoms with Crippen LogP contribution in [0.5, 0.6) is 0 Å². The topological polar surface area (TPSA) is 81.9 Å². The molecular weight excluding hydrogens is 284 g/mol. The SMILES string of the molecule is CCN(CC)CCN(CCO)c1ccc(NC)c([N+](=O)[O-])c1. The molecule has 0 radical (unpaired) electrons. The minimum Gasteiger partial charge on any atom is -0.395 e. The van der Waals surface area contributed by atoms with E-state index in [1.54, 1.807) is 19.2 Å². The van der Waals surface area contributed by atoms with Crippen LogP contribution in [0.25, 0.3) is 0 Å². The summed E-state index contributed by atoms with van der Waals surface area (Å²) in [6.45, 7) is 8.17. The molecule has 2 N–H and O–H groups in total. The van der Waals surface area contributed by atoms with Gasteiger partial charge in [-0.15, -0.1) is 0 Å². The summed E-state index contributed by atoms with van der Waals surface area (Å²) in [6, 6.07) is 5.11. The van der Waals surface area contributed by atoms with Crippen LogP contribution >= 0.6 is 0 Å². The van der Waals surface area contributed by atoms with Crippen molar-refractivity contribution in [1.82, 2.24) is 4.90 Å². The molecule has 0 aliphatic carbocycles. The lowest BCUT2D eigenvalue weighted by Gasteiger charge is -2.27. The standard InChI is InChI=1S/C15H26N4O3/c1-4-17(5-2)8-9-18(10-11-20)13-6-7-14(16-3)15(12-13)19(21)22/h6-7,12,16,20H,4-5,8-11H2,1-3H3. The number of aliphatic hydroxyl groups excluding tert-OH is 1. The highest BCUT2D eigenvalue weighted by Crippen LogP contribution is 2.29. The number of aliphatic hydroxyl groups is 1. The average molecular weight is 310 g/mol. The van der Waals surface area contributed by atoms with Crippen molar-refractivity contribution < 1.29 is 10.0 Å². The summed E-state index contributed by atoms with van der Waals surface area (Å²) in [5, 5.41) is 23.2. The molecule has 7 heteroatoms. The largest absolute Gasteiger partial charge is 0.395 e. The molecule has 22 heavy (non-hydrogen) atoms. The average Bonchev–Trinajstić information content (AvgIpc) is 2.54. The number of nitro groups is 1. The highest BCUT2D eigenvalue weighted by atomic mass is 16.6. The zero-order valence-corrected chi connectivity index (χ0v) is 13.6. The van der Waals surface area contributed by atoms with E-state index in [2.05, 4.69) is 24.1 Å². The molecule has 0 atom stereocenters. The monoisotopic (exact) mass is 310 g/mol. The maximum Gasteiger partial charge on any atom is 0.294 e. The third-order valence-corrected chi connectivity index (χ3v) is 3.76. The van der Waals surface area contributed by atoms with E-state index >= 15 is 0 Å². The summed E-state index contributed by atoms with van der Waals surface area (Å²) in [4.78, 5) is 15.0. The van der Waals surface area contributed by atoms with Crippen LogP contribution in [0.2, 0.25) is 0 Å². The number of hydrogen-bond donors (Lipinski definition) is 2. The Morgan fingerprint density at radius 2 is 1.91 bits per heavy atom. The number of anilines is 2. The lowest BCUT2D eigenvalue weighted by Crippen LogP contribution is -2.36. The third-order valence-electron chi connectivity index (χ3n) is 3.76.